The zero-order valence-electron chi connectivity index (χ0n) is 22.6. The van der Waals surface area contributed by atoms with Crippen LogP contribution in [-0.4, -0.2) is 44.4 Å². The van der Waals surface area contributed by atoms with Crippen LogP contribution in [0.1, 0.15) is 118 Å². The van der Waals surface area contributed by atoms with Gasteiger partial charge in [0.15, 0.2) is 0 Å². The Balaban J connectivity index is -0.000000163. The summed E-state index contributed by atoms with van der Waals surface area (Å²) >= 11 is 0. The van der Waals surface area contributed by atoms with Gasteiger partial charge in [-0.2, -0.15) is 0 Å². The number of carbonyl (C=O) groups is 3. The molecular formula is C27H52O7Ti. The topological polar surface area (TPSA) is 132 Å². The molecule has 0 aliphatic carbocycles. The average molecular weight is 537 g/mol. The van der Waals surface area contributed by atoms with Crippen LogP contribution in [0.15, 0.2) is 25.3 Å². The fraction of sp³-hybridized carbons (Fsp3) is 0.741. The van der Waals surface area contributed by atoms with Crippen molar-refractivity contribution in [1.82, 2.24) is 0 Å². The van der Waals surface area contributed by atoms with Gasteiger partial charge in [0.2, 0.25) is 0 Å². The number of hydrogen-bond donors (Lipinski definition) is 4. The second-order valence-electron chi connectivity index (χ2n) is 8.75. The van der Waals surface area contributed by atoms with Crippen LogP contribution in [0.3, 0.4) is 0 Å². The van der Waals surface area contributed by atoms with E-state index in [2.05, 4.69) is 27.0 Å². The molecule has 0 radical (unpaired) electrons. The molecule has 7 nitrogen and oxygen atoms in total. The third-order valence-corrected chi connectivity index (χ3v) is 4.27. The van der Waals surface area contributed by atoms with E-state index >= 15 is 0 Å². The van der Waals surface area contributed by atoms with E-state index < -0.39 is 17.9 Å². The third kappa shape index (κ3) is 79.5. The Bertz CT molecular complexity index is 471. The predicted octanol–water partition coefficient (Wildman–Crippen LogP) is 7.09. The summed E-state index contributed by atoms with van der Waals surface area (Å²) in [5.41, 5.74) is 0. The SMILES string of the molecule is C=CC(=O)O.C=CC(=O)O.CC(C)CCCCCCCCCCCCCCC(=O)O.CC(C)O.[Ti]. The van der Waals surface area contributed by atoms with Gasteiger partial charge in [-0.1, -0.05) is 104 Å². The van der Waals surface area contributed by atoms with Crippen molar-refractivity contribution in [3.05, 3.63) is 25.3 Å². The third-order valence-electron chi connectivity index (χ3n) is 4.27. The van der Waals surface area contributed by atoms with Gasteiger partial charge in [-0.15, -0.1) is 0 Å². The molecule has 0 rings (SSSR count). The molecule has 0 atom stereocenters. The van der Waals surface area contributed by atoms with Crippen LogP contribution < -0.4 is 0 Å². The van der Waals surface area contributed by atoms with Crippen LogP contribution in [0.2, 0.25) is 0 Å². The van der Waals surface area contributed by atoms with Crippen LogP contribution in [0.25, 0.3) is 0 Å². The van der Waals surface area contributed by atoms with Gasteiger partial charge in [0, 0.05) is 46.4 Å². The maximum Gasteiger partial charge on any atom is 0.327 e. The van der Waals surface area contributed by atoms with Gasteiger partial charge in [0.05, 0.1) is 0 Å². The number of carboxylic acid groups (broad SMARTS) is 3. The molecule has 0 unspecified atom stereocenters. The van der Waals surface area contributed by atoms with Gasteiger partial charge in [0.25, 0.3) is 0 Å². The maximum atomic E-state index is 10.3. The van der Waals surface area contributed by atoms with Crippen molar-refractivity contribution in [2.45, 2.75) is 124 Å². The summed E-state index contributed by atoms with van der Waals surface area (Å²) in [7, 11) is 0. The first kappa shape index (κ1) is 43.6. The molecule has 0 aliphatic heterocycles. The summed E-state index contributed by atoms with van der Waals surface area (Å²) in [4.78, 5) is 28.8. The first-order valence-corrected chi connectivity index (χ1v) is 12.5. The van der Waals surface area contributed by atoms with Crippen LogP contribution in [0.4, 0.5) is 0 Å². The van der Waals surface area contributed by atoms with Crippen molar-refractivity contribution >= 4 is 17.9 Å². The summed E-state index contributed by atoms with van der Waals surface area (Å²) in [6, 6.07) is 0. The molecule has 8 heteroatoms. The van der Waals surface area contributed by atoms with Crippen LogP contribution in [0.5, 0.6) is 0 Å². The Morgan fingerprint density at radius 1 is 0.629 bits per heavy atom. The minimum Gasteiger partial charge on any atom is -0.481 e. The second kappa shape index (κ2) is 37.1. The molecular weight excluding hydrogens is 484 g/mol. The molecule has 0 aromatic rings. The van der Waals surface area contributed by atoms with Gasteiger partial charge in [-0.25, -0.2) is 9.59 Å². The van der Waals surface area contributed by atoms with Crippen molar-refractivity contribution in [3.8, 4) is 0 Å². The molecule has 0 amide bonds. The first-order valence-electron chi connectivity index (χ1n) is 12.5. The van der Waals surface area contributed by atoms with E-state index in [1.54, 1.807) is 13.8 Å². The zero-order valence-corrected chi connectivity index (χ0v) is 24.2. The van der Waals surface area contributed by atoms with Crippen molar-refractivity contribution < 1.29 is 56.5 Å². The smallest absolute Gasteiger partial charge is 0.327 e. The van der Waals surface area contributed by atoms with E-state index in [9.17, 15) is 14.4 Å². The maximum absolute atomic E-state index is 10.3. The monoisotopic (exact) mass is 536 g/mol. The van der Waals surface area contributed by atoms with E-state index in [1.165, 1.54) is 70.6 Å². The van der Waals surface area contributed by atoms with E-state index in [-0.39, 0.29) is 27.8 Å². The number of aliphatic hydroxyl groups excluding tert-OH is 1. The number of aliphatic carboxylic acids is 3. The Morgan fingerprint density at radius 2 is 0.857 bits per heavy atom. The molecule has 4 N–H and O–H groups in total. The number of unbranched alkanes of at least 4 members (excludes halogenated alkanes) is 11. The van der Waals surface area contributed by atoms with Gasteiger partial charge in [-0.05, 0) is 26.2 Å². The van der Waals surface area contributed by atoms with E-state index in [4.69, 9.17) is 20.4 Å². The van der Waals surface area contributed by atoms with Crippen LogP contribution in [0, 0.1) is 5.92 Å². The van der Waals surface area contributed by atoms with Crippen molar-refractivity contribution in [1.29, 1.82) is 0 Å². The summed E-state index contributed by atoms with van der Waals surface area (Å²) in [5.74, 6) is -1.75. The normalized spacial score (nSPS) is 9.23. The Hall–Kier alpha value is -1.44. The summed E-state index contributed by atoms with van der Waals surface area (Å²) < 4.78 is 0. The van der Waals surface area contributed by atoms with Crippen molar-refractivity contribution in [2.24, 2.45) is 5.92 Å². The molecule has 206 valence electrons. The summed E-state index contributed by atoms with van der Waals surface area (Å²) in [5, 5.41) is 31.8. The van der Waals surface area contributed by atoms with Crippen LogP contribution >= 0.6 is 0 Å². The van der Waals surface area contributed by atoms with E-state index in [0.29, 0.717) is 6.42 Å². The minimum absolute atomic E-state index is 0. The fourth-order valence-electron chi connectivity index (χ4n) is 2.60. The molecule has 0 bridgehead atoms. The van der Waals surface area contributed by atoms with Gasteiger partial charge < -0.3 is 20.4 Å². The molecule has 0 aliphatic rings. The zero-order chi connectivity index (χ0) is 27.2. The van der Waals surface area contributed by atoms with Gasteiger partial charge in [0.1, 0.15) is 0 Å². The second-order valence-corrected chi connectivity index (χ2v) is 8.75. The number of rotatable bonds is 17. The molecule has 0 aromatic carbocycles. The van der Waals surface area contributed by atoms with Crippen molar-refractivity contribution in [3.63, 3.8) is 0 Å². The first-order chi connectivity index (χ1) is 15.9. The molecule has 0 heterocycles. The van der Waals surface area contributed by atoms with E-state index in [1.807, 2.05) is 0 Å². The quantitative estimate of drug-likeness (QED) is 0.0886. The van der Waals surface area contributed by atoms with Gasteiger partial charge in [-0.3, -0.25) is 4.79 Å². The molecule has 0 saturated heterocycles. The Labute approximate surface area is 229 Å². The molecule has 35 heavy (non-hydrogen) atoms. The number of aliphatic hydroxyl groups is 1. The summed E-state index contributed by atoms with van der Waals surface area (Å²) in [6.07, 6.45) is 18.8. The average Bonchev–Trinajstić information content (AvgIpc) is 2.74. The van der Waals surface area contributed by atoms with Gasteiger partial charge >= 0.3 is 17.9 Å². The number of hydrogen-bond acceptors (Lipinski definition) is 4. The number of carboxylic acids is 3. The molecule has 0 saturated carbocycles. The van der Waals surface area contributed by atoms with Crippen LogP contribution in [-0.2, 0) is 36.1 Å². The van der Waals surface area contributed by atoms with E-state index in [0.717, 1.165) is 30.9 Å². The minimum atomic E-state index is -0.981. The largest absolute Gasteiger partial charge is 0.481 e. The Kier molecular flexibility index (Phi) is 46.3. The molecule has 0 aromatic heterocycles. The predicted molar refractivity (Wildman–Crippen MR) is 140 cm³/mol. The Morgan fingerprint density at radius 3 is 1.06 bits per heavy atom. The molecule has 0 fully saturated rings. The fourth-order valence-corrected chi connectivity index (χ4v) is 2.60. The summed E-state index contributed by atoms with van der Waals surface area (Å²) in [6.45, 7) is 14.0. The van der Waals surface area contributed by atoms with Crippen molar-refractivity contribution in [2.75, 3.05) is 0 Å². The standard InChI is InChI=1S/C18H36O2.2C3H4O2.C3H8O.Ti/c1-17(2)15-13-11-9-7-5-3-4-6-8-10-12-14-16-18(19)20;2*1-2-3(4)5;1-3(2)4;/h17H,3-16H2,1-2H3,(H,19,20);2*2H,1H2,(H,4,5);3-4H,1-2H3;. The molecule has 0 spiro atoms.